The molecule has 0 bridgehead atoms. The quantitative estimate of drug-likeness (QED) is 0.417. The SMILES string of the molecule is C#C.CC.CC(C)C.Cc1coc(CNC2=NS(=O)N=C2Nc2cccc(C(=O)N(C)C)c2O)c1. The lowest BCUT2D eigenvalue weighted by Gasteiger charge is -2.15. The lowest BCUT2D eigenvalue weighted by atomic mass is 10.1. The molecule has 1 aliphatic rings. The number of terminal acetylenes is 1. The van der Waals surface area contributed by atoms with Crippen LogP contribution in [0.5, 0.6) is 5.75 Å². The third kappa shape index (κ3) is 10.5. The molecule has 35 heavy (non-hydrogen) atoms. The lowest BCUT2D eigenvalue weighted by Crippen LogP contribution is -2.33. The van der Waals surface area contributed by atoms with Crippen molar-refractivity contribution in [2.75, 3.05) is 19.4 Å². The number of aromatic hydroxyl groups is 1. The number of phenolic OH excluding ortho intramolecular Hbond substituents is 1. The maximum atomic E-state index is 12.1. The zero-order chi connectivity index (χ0) is 27.1. The number of amides is 1. The van der Waals surface area contributed by atoms with Gasteiger partial charge in [0.1, 0.15) is 5.76 Å². The molecule has 1 aromatic carbocycles. The Balaban J connectivity index is 0.00000129. The van der Waals surface area contributed by atoms with E-state index in [1.807, 2.05) is 26.8 Å². The second-order valence-electron chi connectivity index (χ2n) is 7.81. The van der Waals surface area contributed by atoms with Gasteiger partial charge in [0.2, 0.25) is 0 Å². The number of furan rings is 1. The van der Waals surface area contributed by atoms with Crippen molar-refractivity contribution in [3.05, 3.63) is 47.4 Å². The van der Waals surface area contributed by atoms with Crippen LogP contribution in [0, 0.1) is 25.7 Å². The molecule has 3 rings (SSSR count). The summed E-state index contributed by atoms with van der Waals surface area (Å²) in [4.78, 5) is 13.5. The van der Waals surface area contributed by atoms with Gasteiger partial charge in [-0.05, 0) is 36.6 Å². The van der Waals surface area contributed by atoms with Crippen LogP contribution in [-0.4, -0.2) is 45.9 Å². The van der Waals surface area contributed by atoms with Gasteiger partial charge in [0, 0.05) is 14.1 Å². The fraction of sp³-hybridized carbons (Fsp3) is 0.400. The summed E-state index contributed by atoms with van der Waals surface area (Å²) in [5.41, 5.74) is 1.38. The Morgan fingerprint density at radius 2 is 1.74 bits per heavy atom. The summed E-state index contributed by atoms with van der Waals surface area (Å²) >= 11 is -1.77. The Morgan fingerprint density at radius 3 is 2.26 bits per heavy atom. The van der Waals surface area contributed by atoms with E-state index in [2.05, 4.69) is 53.0 Å². The fourth-order valence-corrected chi connectivity index (χ4v) is 3.04. The Bertz CT molecular complexity index is 1050. The summed E-state index contributed by atoms with van der Waals surface area (Å²) in [5, 5.41) is 16.3. The van der Waals surface area contributed by atoms with Gasteiger partial charge in [-0.3, -0.25) is 4.79 Å². The summed E-state index contributed by atoms with van der Waals surface area (Å²) in [7, 11) is 3.19. The average molecular weight is 504 g/mol. The van der Waals surface area contributed by atoms with E-state index >= 15 is 0 Å². The summed E-state index contributed by atoms with van der Waals surface area (Å²) in [6, 6.07) is 6.59. The number of aryl methyl sites for hydroxylation is 1. The predicted molar refractivity (Wildman–Crippen MR) is 145 cm³/mol. The smallest absolute Gasteiger partial charge is 0.269 e. The van der Waals surface area contributed by atoms with Crippen LogP contribution in [-0.2, 0) is 17.7 Å². The van der Waals surface area contributed by atoms with Crippen LogP contribution in [0.4, 0.5) is 5.69 Å². The van der Waals surface area contributed by atoms with Gasteiger partial charge >= 0.3 is 0 Å². The highest BCUT2D eigenvalue weighted by Gasteiger charge is 2.22. The van der Waals surface area contributed by atoms with Gasteiger partial charge in [-0.1, -0.05) is 40.7 Å². The number of para-hydroxylation sites is 1. The number of carbonyl (C=O) groups excluding carboxylic acids is 1. The fourth-order valence-electron chi connectivity index (χ4n) is 2.40. The van der Waals surface area contributed by atoms with Crippen LogP contribution in [0.3, 0.4) is 0 Å². The maximum Gasteiger partial charge on any atom is 0.269 e. The van der Waals surface area contributed by atoms with E-state index < -0.39 is 11.2 Å². The molecule has 10 heteroatoms. The molecule has 1 amide bonds. The maximum absolute atomic E-state index is 12.1. The van der Waals surface area contributed by atoms with E-state index in [4.69, 9.17) is 4.42 Å². The number of phenols is 1. The molecule has 0 fully saturated rings. The largest absolute Gasteiger partial charge is 0.505 e. The minimum absolute atomic E-state index is 0.141. The second kappa shape index (κ2) is 16.1. The van der Waals surface area contributed by atoms with Crippen molar-refractivity contribution in [3.8, 4) is 18.6 Å². The Labute approximate surface area is 211 Å². The third-order valence-corrected chi connectivity index (χ3v) is 4.38. The van der Waals surface area contributed by atoms with Crippen molar-refractivity contribution < 1.29 is 18.5 Å². The third-order valence-electron chi connectivity index (χ3n) is 3.70. The highest BCUT2D eigenvalue weighted by molar-refractivity contribution is 7.83. The molecule has 0 radical (unpaired) electrons. The van der Waals surface area contributed by atoms with Crippen molar-refractivity contribution >= 4 is 34.4 Å². The average Bonchev–Trinajstić information content (AvgIpc) is 3.39. The van der Waals surface area contributed by atoms with Gasteiger partial charge < -0.3 is 25.1 Å². The van der Waals surface area contributed by atoms with Crippen molar-refractivity contribution in [2.45, 2.75) is 48.1 Å². The van der Waals surface area contributed by atoms with E-state index in [0.29, 0.717) is 12.3 Å². The van der Waals surface area contributed by atoms with Crippen molar-refractivity contribution in [1.29, 1.82) is 0 Å². The van der Waals surface area contributed by atoms with Crippen molar-refractivity contribution in [3.63, 3.8) is 0 Å². The molecule has 192 valence electrons. The summed E-state index contributed by atoms with van der Waals surface area (Å²) < 4.78 is 24.9. The molecule has 0 saturated heterocycles. The Morgan fingerprint density at radius 1 is 1.17 bits per heavy atom. The van der Waals surface area contributed by atoms with Crippen LogP contribution in [0.1, 0.15) is 56.3 Å². The van der Waals surface area contributed by atoms with Crippen LogP contribution >= 0.6 is 0 Å². The van der Waals surface area contributed by atoms with Crippen LogP contribution in [0.2, 0.25) is 0 Å². The molecule has 0 aliphatic carbocycles. The Kier molecular flexibility index (Phi) is 14.5. The van der Waals surface area contributed by atoms with Gasteiger partial charge in [0.25, 0.3) is 17.1 Å². The lowest BCUT2D eigenvalue weighted by molar-refractivity contribution is 0.0824. The monoisotopic (exact) mass is 503 g/mol. The van der Waals surface area contributed by atoms with E-state index in [1.165, 1.54) is 11.0 Å². The zero-order valence-corrected chi connectivity index (χ0v) is 22.6. The molecule has 1 aromatic heterocycles. The molecule has 1 atom stereocenters. The van der Waals surface area contributed by atoms with Crippen LogP contribution < -0.4 is 10.6 Å². The van der Waals surface area contributed by atoms with Gasteiger partial charge in [0.05, 0.1) is 24.1 Å². The normalized spacial score (nSPS) is 13.5. The van der Waals surface area contributed by atoms with E-state index in [1.54, 1.807) is 32.5 Å². The summed E-state index contributed by atoms with van der Waals surface area (Å²) in [6.07, 6.45) is 9.63. The standard InChI is InChI=1S/C17H19N5O4S.C4H10.C2H6.C2H2/c1-10-7-11(26-9-10)8-18-15-16(21-27(25)20-15)19-13-6-4-5-12(14(13)23)17(24)22(2)3;1-4(2)3;2*1-2/h4-7,9,23H,8H2,1-3H3,(H,18,20)(H,19,21);4H,1-3H3;1-2H3;1-2H. The predicted octanol–water partition coefficient (Wildman–Crippen LogP) is 4.52. The number of nitrogens with zero attached hydrogens (tertiary/aromatic N) is 3. The number of anilines is 1. The number of carbonyl (C=O) groups is 1. The number of hydrogen-bond acceptors (Lipinski definition) is 6. The molecule has 3 N–H and O–H groups in total. The molecular weight excluding hydrogens is 466 g/mol. The molecule has 0 spiro atoms. The first kappa shape index (κ1) is 31.4. The van der Waals surface area contributed by atoms with E-state index in [9.17, 15) is 14.1 Å². The molecular formula is C25H37N5O4S. The van der Waals surface area contributed by atoms with Crippen LogP contribution in [0.25, 0.3) is 0 Å². The van der Waals surface area contributed by atoms with Crippen molar-refractivity contribution in [1.82, 2.24) is 10.2 Å². The molecule has 9 nitrogen and oxygen atoms in total. The topological polar surface area (TPSA) is 120 Å². The number of amidine groups is 2. The molecule has 1 unspecified atom stereocenters. The number of rotatable bonds is 4. The molecule has 0 saturated carbocycles. The van der Waals surface area contributed by atoms with Gasteiger partial charge in [-0.15, -0.1) is 21.6 Å². The number of hydrogen-bond donors (Lipinski definition) is 3. The van der Waals surface area contributed by atoms with Gasteiger partial charge in [0.15, 0.2) is 17.4 Å². The summed E-state index contributed by atoms with van der Waals surface area (Å²) in [6.45, 7) is 12.7. The number of nitrogens with one attached hydrogen (secondary N) is 2. The number of benzene rings is 1. The minimum Gasteiger partial charge on any atom is -0.505 e. The first-order chi connectivity index (χ1) is 16.6. The highest BCUT2D eigenvalue weighted by atomic mass is 32.2. The molecule has 2 heterocycles. The second-order valence-corrected chi connectivity index (χ2v) is 8.64. The summed E-state index contributed by atoms with van der Waals surface area (Å²) in [5.74, 6) is 1.42. The van der Waals surface area contributed by atoms with Crippen molar-refractivity contribution in [2.24, 2.45) is 14.7 Å². The van der Waals surface area contributed by atoms with Crippen LogP contribution in [0.15, 0.2) is 43.7 Å². The molecule has 1 aliphatic heterocycles. The first-order valence-corrected chi connectivity index (χ1v) is 12.2. The molecule has 2 aromatic rings. The van der Waals surface area contributed by atoms with E-state index in [-0.39, 0.29) is 34.6 Å². The zero-order valence-electron chi connectivity index (χ0n) is 21.7. The first-order valence-electron chi connectivity index (χ1n) is 11.1. The van der Waals surface area contributed by atoms with E-state index in [0.717, 1.165) is 11.5 Å². The Hall–Kier alpha value is -3.58. The highest BCUT2D eigenvalue weighted by Crippen LogP contribution is 2.28. The van der Waals surface area contributed by atoms with Gasteiger partial charge in [-0.25, -0.2) is 4.21 Å². The minimum atomic E-state index is -1.77. The van der Waals surface area contributed by atoms with Gasteiger partial charge in [-0.2, -0.15) is 0 Å².